The van der Waals surface area contributed by atoms with Crippen molar-refractivity contribution in [3.05, 3.63) is 34.2 Å². The number of aryl methyl sites for hydroxylation is 1. The highest BCUT2D eigenvalue weighted by molar-refractivity contribution is 6.76. The fourth-order valence-electron chi connectivity index (χ4n) is 5.45. The summed E-state index contributed by atoms with van der Waals surface area (Å²) in [6.45, 7) is 14.2. The van der Waals surface area contributed by atoms with E-state index in [0.29, 0.717) is 38.0 Å². The lowest BCUT2D eigenvalue weighted by Gasteiger charge is -2.39. The van der Waals surface area contributed by atoms with E-state index in [2.05, 4.69) is 25.7 Å². The van der Waals surface area contributed by atoms with Crippen LogP contribution in [0.25, 0.3) is 11.0 Å². The molecule has 4 rings (SSSR count). The molecule has 8 nitrogen and oxygen atoms in total. The first-order chi connectivity index (χ1) is 18.2. The minimum atomic E-state index is -1.22. The van der Waals surface area contributed by atoms with Crippen LogP contribution < -0.4 is 5.69 Å². The van der Waals surface area contributed by atoms with E-state index in [4.69, 9.17) is 14.2 Å². The second kappa shape index (κ2) is 11.7. The van der Waals surface area contributed by atoms with E-state index in [-0.39, 0.29) is 19.0 Å². The third-order valence-corrected chi connectivity index (χ3v) is 9.47. The van der Waals surface area contributed by atoms with Crippen molar-refractivity contribution in [1.29, 1.82) is 0 Å². The van der Waals surface area contributed by atoms with Gasteiger partial charge in [0.15, 0.2) is 0 Å². The Hall–Kier alpha value is -2.17. The monoisotopic (exact) mass is 563 g/mol. The van der Waals surface area contributed by atoms with Crippen molar-refractivity contribution in [2.24, 2.45) is 13.0 Å². The van der Waals surface area contributed by atoms with Crippen LogP contribution in [-0.2, 0) is 28.0 Å². The lowest BCUT2D eigenvalue weighted by atomic mass is 9.71. The number of hydrogen-bond acceptors (Lipinski definition) is 5. The maximum atomic E-state index is 14.8. The van der Waals surface area contributed by atoms with Crippen LogP contribution in [0, 0.1) is 5.92 Å². The molecule has 1 aromatic carbocycles. The number of benzene rings is 1. The van der Waals surface area contributed by atoms with Crippen LogP contribution in [0.1, 0.15) is 51.5 Å². The van der Waals surface area contributed by atoms with E-state index < -0.39 is 32.0 Å². The van der Waals surface area contributed by atoms with Crippen molar-refractivity contribution in [2.75, 3.05) is 26.3 Å². The molecule has 39 heavy (non-hydrogen) atoms. The van der Waals surface area contributed by atoms with E-state index in [0.717, 1.165) is 29.9 Å². The number of fused-ring (bicyclic) bond motifs is 1. The number of halogens is 1. The zero-order chi connectivity index (χ0) is 28.5. The molecule has 2 fully saturated rings. The summed E-state index contributed by atoms with van der Waals surface area (Å²) in [5.41, 5.74) is 2.40. The average molecular weight is 564 g/mol. The molecule has 1 saturated carbocycles. The van der Waals surface area contributed by atoms with Gasteiger partial charge in [0, 0.05) is 34.9 Å². The minimum Gasteiger partial charge on any atom is -0.444 e. The molecule has 2 heterocycles. The van der Waals surface area contributed by atoms with Gasteiger partial charge in [-0.2, -0.15) is 0 Å². The van der Waals surface area contributed by atoms with Gasteiger partial charge in [0.1, 0.15) is 18.5 Å². The summed E-state index contributed by atoms with van der Waals surface area (Å²) in [6, 6.07) is 7.19. The number of alkyl halides is 1. The molecule has 0 spiro atoms. The van der Waals surface area contributed by atoms with Crippen molar-refractivity contribution in [3.8, 4) is 0 Å². The van der Waals surface area contributed by atoms with E-state index in [9.17, 15) is 14.0 Å². The van der Waals surface area contributed by atoms with Crippen LogP contribution >= 0.6 is 0 Å². The number of nitrogens with zero attached hydrogens (tertiary/aromatic N) is 3. The van der Waals surface area contributed by atoms with Crippen molar-refractivity contribution in [2.45, 2.75) is 96.2 Å². The number of carbonyl (C=O) groups is 1. The van der Waals surface area contributed by atoms with Gasteiger partial charge >= 0.3 is 11.8 Å². The highest BCUT2D eigenvalue weighted by Crippen LogP contribution is 2.44. The molecule has 0 unspecified atom stereocenters. The largest absolute Gasteiger partial charge is 0.444 e. The zero-order valence-corrected chi connectivity index (χ0v) is 25.7. The van der Waals surface area contributed by atoms with Crippen LogP contribution in [0.2, 0.25) is 25.7 Å². The number of para-hydroxylation sites is 1. The fraction of sp³-hybridized carbons (Fsp3) is 0.724. The number of hydrogen-bond donors (Lipinski definition) is 0. The van der Waals surface area contributed by atoms with Gasteiger partial charge in [-0.25, -0.2) is 14.0 Å². The third kappa shape index (κ3) is 7.32. The normalized spacial score (nSPS) is 24.2. The molecular formula is C29H46FN3O5Si. The Balaban J connectivity index is 1.30. The molecule has 2 atom stereocenters. The molecule has 1 aliphatic heterocycles. The summed E-state index contributed by atoms with van der Waals surface area (Å²) >= 11 is 0. The smallest absolute Gasteiger partial charge is 0.410 e. The van der Waals surface area contributed by atoms with Crippen LogP contribution in [0.4, 0.5) is 9.18 Å². The van der Waals surface area contributed by atoms with Gasteiger partial charge in [-0.05, 0) is 69.5 Å². The first kappa shape index (κ1) is 29.8. The summed E-state index contributed by atoms with van der Waals surface area (Å²) in [7, 11) is 0.638. The van der Waals surface area contributed by atoms with Gasteiger partial charge in [-0.15, -0.1) is 0 Å². The van der Waals surface area contributed by atoms with Gasteiger partial charge in [0.2, 0.25) is 0 Å². The number of piperidine rings is 1. The van der Waals surface area contributed by atoms with Gasteiger partial charge < -0.3 is 19.1 Å². The molecule has 10 heteroatoms. The first-order valence-corrected chi connectivity index (χ1v) is 17.9. The van der Waals surface area contributed by atoms with E-state index in [1.807, 2.05) is 19.2 Å². The fourth-order valence-corrected chi connectivity index (χ4v) is 6.21. The second-order valence-corrected chi connectivity index (χ2v) is 19.1. The predicted octanol–water partition coefficient (Wildman–Crippen LogP) is 5.51. The Kier molecular flexibility index (Phi) is 8.97. The number of amides is 1. The summed E-state index contributed by atoms with van der Waals surface area (Å²) < 4.78 is 35.6. The number of imidazole rings is 1. The van der Waals surface area contributed by atoms with Crippen LogP contribution in [-0.4, -0.2) is 72.4 Å². The quantitative estimate of drug-likeness (QED) is 0.297. The van der Waals surface area contributed by atoms with Crippen molar-refractivity contribution in [3.63, 3.8) is 0 Å². The van der Waals surface area contributed by atoms with E-state index >= 15 is 0 Å². The number of ether oxygens (including phenoxy) is 3. The molecular weight excluding hydrogens is 517 g/mol. The molecule has 0 bridgehead atoms. The molecule has 218 valence electrons. The molecule has 1 aromatic heterocycles. The molecule has 1 saturated heterocycles. The standard InChI is InChI=1S/C29H46FN3O5Si/c1-29(2,3)38-28(35)32-12-11-25(23(30)17-32)37-18-20-15-21(16-20)22-9-8-10-24-26(22)31(4)27(34)33(24)19-36-13-14-39(5,6)7/h8-10,20-21,23,25H,11-19H2,1-7H3/t20?,21?,23-,25+/m0/s1. The molecule has 0 N–H and O–H groups in total. The maximum Gasteiger partial charge on any atom is 0.410 e. The molecule has 2 aromatic rings. The van der Waals surface area contributed by atoms with Crippen LogP contribution in [0.15, 0.2) is 23.0 Å². The van der Waals surface area contributed by atoms with Gasteiger partial charge in [-0.1, -0.05) is 31.8 Å². The number of rotatable bonds is 9. The number of likely N-dealkylation sites (tertiary alicyclic amines) is 1. The van der Waals surface area contributed by atoms with E-state index in [1.54, 1.807) is 29.9 Å². The Morgan fingerprint density at radius 3 is 2.54 bits per heavy atom. The Bertz CT molecular complexity index is 1210. The lowest BCUT2D eigenvalue weighted by molar-refractivity contribution is -0.0693. The number of aromatic nitrogens is 2. The first-order valence-electron chi connectivity index (χ1n) is 14.2. The van der Waals surface area contributed by atoms with Crippen LogP contribution in [0.3, 0.4) is 0 Å². The lowest BCUT2D eigenvalue weighted by Crippen LogP contribution is -2.50. The summed E-state index contributed by atoms with van der Waals surface area (Å²) in [5, 5.41) is 0. The Morgan fingerprint density at radius 2 is 1.90 bits per heavy atom. The van der Waals surface area contributed by atoms with E-state index in [1.165, 1.54) is 10.5 Å². The summed E-state index contributed by atoms with van der Waals surface area (Å²) in [4.78, 5) is 26.7. The topological polar surface area (TPSA) is 74.9 Å². The van der Waals surface area contributed by atoms with Crippen molar-refractivity contribution < 1.29 is 23.4 Å². The second-order valence-electron chi connectivity index (χ2n) is 13.5. The summed E-state index contributed by atoms with van der Waals surface area (Å²) in [6.07, 6.45) is 0.157. The zero-order valence-electron chi connectivity index (χ0n) is 24.7. The minimum absolute atomic E-state index is 0.00173. The van der Waals surface area contributed by atoms with Gasteiger partial charge in [0.05, 0.1) is 23.7 Å². The highest BCUT2D eigenvalue weighted by atomic mass is 28.3. The number of carbonyl (C=O) groups excluding carboxylic acids is 1. The van der Waals surface area contributed by atoms with Gasteiger partial charge in [0.25, 0.3) is 0 Å². The predicted molar refractivity (Wildman–Crippen MR) is 154 cm³/mol. The van der Waals surface area contributed by atoms with Crippen molar-refractivity contribution in [1.82, 2.24) is 14.0 Å². The van der Waals surface area contributed by atoms with Crippen molar-refractivity contribution >= 4 is 25.2 Å². The van der Waals surface area contributed by atoms with Gasteiger partial charge in [-0.3, -0.25) is 9.13 Å². The van der Waals surface area contributed by atoms with Crippen LogP contribution in [0.5, 0.6) is 0 Å². The Labute approximate surface area is 232 Å². The third-order valence-electron chi connectivity index (χ3n) is 7.76. The SMILES string of the molecule is Cn1c(=O)n(COCC[Si](C)(C)C)c2cccc(C3CC(CO[C@@H]4CCN(C(=O)OC(C)(C)C)C[C@@H]4F)C3)c21. The average Bonchev–Trinajstić information content (AvgIpc) is 3.05. The maximum absolute atomic E-state index is 14.8. The highest BCUT2D eigenvalue weighted by Gasteiger charge is 2.37. The molecule has 0 radical (unpaired) electrons. The molecule has 1 amide bonds. The molecule has 1 aliphatic carbocycles. The summed E-state index contributed by atoms with van der Waals surface area (Å²) in [5.74, 6) is 0.692. The Morgan fingerprint density at radius 1 is 1.18 bits per heavy atom. The molecule has 2 aliphatic rings.